The summed E-state index contributed by atoms with van der Waals surface area (Å²) in [6.45, 7) is 2.91. The van der Waals surface area contributed by atoms with Crippen molar-refractivity contribution in [1.29, 1.82) is 0 Å². The van der Waals surface area contributed by atoms with Crippen LogP contribution in [0.15, 0.2) is 59.4 Å². The lowest BCUT2D eigenvalue weighted by Crippen LogP contribution is -2.32. The maximum absolute atomic E-state index is 12.8. The molecule has 0 radical (unpaired) electrons. The number of thioether (sulfide) groups is 1. The van der Waals surface area contributed by atoms with E-state index in [0.717, 1.165) is 52.5 Å². The Hall–Kier alpha value is -3.99. The third kappa shape index (κ3) is 3.97. The Morgan fingerprint density at radius 3 is 3.00 bits per heavy atom. The van der Waals surface area contributed by atoms with Crippen molar-refractivity contribution >= 4 is 51.9 Å². The van der Waals surface area contributed by atoms with Gasteiger partial charge in [-0.15, -0.1) is 11.8 Å². The molecule has 0 aliphatic carbocycles. The Bertz CT molecular complexity index is 1500. The normalized spacial score (nSPS) is 22.3. The summed E-state index contributed by atoms with van der Waals surface area (Å²) in [4.78, 5) is 40.9. The Balaban J connectivity index is 1.08. The van der Waals surface area contributed by atoms with E-state index in [0.29, 0.717) is 30.6 Å². The lowest BCUT2D eigenvalue weighted by Gasteiger charge is -2.23. The van der Waals surface area contributed by atoms with Gasteiger partial charge in [0.25, 0.3) is 0 Å². The van der Waals surface area contributed by atoms with Gasteiger partial charge in [-0.3, -0.25) is 14.7 Å². The minimum atomic E-state index is -0.356. The van der Waals surface area contributed by atoms with Gasteiger partial charge in [0.15, 0.2) is 0 Å². The van der Waals surface area contributed by atoms with Gasteiger partial charge in [0.1, 0.15) is 11.6 Å². The second-order valence-electron chi connectivity index (χ2n) is 9.82. The van der Waals surface area contributed by atoms with Gasteiger partial charge in [0, 0.05) is 53.8 Å². The van der Waals surface area contributed by atoms with Crippen LogP contribution in [0.4, 0.5) is 21.9 Å². The van der Waals surface area contributed by atoms with Crippen molar-refractivity contribution in [2.45, 2.75) is 17.4 Å². The van der Waals surface area contributed by atoms with Crippen LogP contribution in [0.25, 0.3) is 11.0 Å². The molecule has 10 nitrogen and oxygen atoms in total. The number of benzene rings is 1. The number of carbonyl (C=O) groups is 2. The van der Waals surface area contributed by atoms with Gasteiger partial charge in [0.05, 0.1) is 42.8 Å². The number of pyridine rings is 2. The average molecular weight is 531 g/mol. The second kappa shape index (κ2) is 9.09. The predicted octanol–water partition coefficient (Wildman–Crippen LogP) is 3.69. The molecule has 2 fully saturated rings. The highest BCUT2D eigenvalue weighted by Crippen LogP contribution is 2.39. The Morgan fingerprint density at radius 1 is 1.18 bits per heavy atom. The standard InChI is InChI=1S/C27H26N6O4S/c1-36-25-5-3-19-26(30-25)21(6-8-28-19)32-11-16-7-9-31(22(16)14-32)12-18-13-33(27(35)37-18)17-2-4-23-20(10-17)29-24(34)15-38-23/h2-6,8,10,14,16,18H,7,9,11-13,15H2,1H3,(H,29,34)/t16-,18?/m1/s1. The zero-order chi connectivity index (χ0) is 25.8. The number of ether oxygens (including phenoxy) is 2. The van der Waals surface area contributed by atoms with Crippen LogP contribution in [0.5, 0.6) is 5.88 Å². The Morgan fingerprint density at radius 2 is 2.11 bits per heavy atom. The molecule has 194 valence electrons. The highest BCUT2D eigenvalue weighted by atomic mass is 32.2. The van der Waals surface area contributed by atoms with Gasteiger partial charge in [-0.1, -0.05) is 0 Å². The minimum Gasteiger partial charge on any atom is -0.481 e. The van der Waals surface area contributed by atoms with Crippen LogP contribution >= 0.6 is 11.8 Å². The number of amides is 2. The van der Waals surface area contributed by atoms with Crippen molar-refractivity contribution in [2.24, 2.45) is 5.92 Å². The fraction of sp³-hybridized carbons (Fsp3) is 0.333. The zero-order valence-electron chi connectivity index (χ0n) is 20.8. The molecule has 3 aromatic rings. The second-order valence-corrected chi connectivity index (χ2v) is 10.8. The molecule has 2 atom stereocenters. The van der Waals surface area contributed by atoms with Crippen molar-refractivity contribution in [3.8, 4) is 5.88 Å². The van der Waals surface area contributed by atoms with Crippen LogP contribution < -0.4 is 19.9 Å². The molecule has 2 aromatic heterocycles. The SMILES string of the molecule is COc1ccc2nccc(N3C=C4[C@H](CCN4CC4CN(c5ccc6c(c5)NC(=O)CS6)C(=O)O4)C3)c2n1. The van der Waals surface area contributed by atoms with Crippen LogP contribution in [-0.2, 0) is 9.53 Å². The lowest BCUT2D eigenvalue weighted by molar-refractivity contribution is -0.113. The lowest BCUT2D eigenvalue weighted by atomic mass is 10.1. The molecule has 0 saturated carbocycles. The molecule has 7 rings (SSSR count). The number of nitrogens with one attached hydrogen (secondary N) is 1. The van der Waals surface area contributed by atoms with Crippen molar-refractivity contribution < 1.29 is 19.1 Å². The topological polar surface area (TPSA) is 100 Å². The highest BCUT2D eigenvalue weighted by Gasteiger charge is 2.39. The van der Waals surface area contributed by atoms with Crippen LogP contribution in [0.3, 0.4) is 0 Å². The molecule has 2 saturated heterocycles. The number of cyclic esters (lactones) is 1. The first-order valence-electron chi connectivity index (χ1n) is 12.6. The molecule has 4 aliphatic rings. The van der Waals surface area contributed by atoms with E-state index in [9.17, 15) is 9.59 Å². The van der Waals surface area contributed by atoms with E-state index in [1.807, 2.05) is 42.6 Å². The van der Waals surface area contributed by atoms with E-state index in [-0.39, 0.29) is 18.1 Å². The van der Waals surface area contributed by atoms with Gasteiger partial charge in [-0.05, 0) is 36.8 Å². The smallest absolute Gasteiger partial charge is 0.414 e. The van der Waals surface area contributed by atoms with Gasteiger partial charge >= 0.3 is 6.09 Å². The van der Waals surface area contributed by atoms with E-state index in [1.54, 1.807) is 12.0 Å². The molecular weight excluding hydrogens is 504 g/mol. The van der Waals surface area contributed by atoms with Gasteiger partial charge in [-0.2, -0.15) is 0 Å². The van der Waals surface area contributed by atoms with Crippen molar-refractivity contribution in [3.05, 3.63) is 54.5 Å². The van der Waals surface area contributed by atoms with Crippen LogP contribution in [0.1, 0.15) is 6.42 Å². The van der Waals surface area contributed by atoms with E-state index < -0.39 is 0 Å². The number of hydrogen-bond acceptors (Lipinski definition) is 9. The number of likely N-dealkylation sites (tertiary alicyclic amines) is 1. The van der Waals surface area contributed by atoms with Crippen LogP contribution in [0.2, 0.25) is 0 Å². The molecular formula is C27H26N6O4S. The first-order valence-corrected chi connectivity index (χ1v) is 13.6. The van der Waals surface area contributed by atoms with Gasteiger partial charge in [-0.25, -0.2) is 9.78 Å². The summed E-state index contributed by atoms with van der Waals surface area (Å²) in [5.74, 6) is 1.36. The molecule has 0 spiro atoms. The maximum atomic E-state index is 12.8. The summed E-state index contributed by atoms with van der Waals surface area (Å²) in [7, 11) is 1.61. The quantitative estimate of drug-likeness (QED) is 0.529. The van der Waals surface area contributed by atoms with Gasteiger partial charge in [0.2, 0.25) is 11.8 Å². The summed E-state index contributed by atoms with van der Waals surface area (Å²) >= 11 is 1.50. The number of methoxy groups -OCH3 is 1. The first-order chi connectivity index (χ1) is 18.6. The van der Waals surface area contributed by atoms with Crippen LogP contribution in [-0.4, -0.2) is 72.0 Å². The highest BCUT2D eigenvalue weighted by molar-refractivity contribution is 8.00. The summed E-state index contributed by atoms with van der Waals surface area (Å²) in [6, 6.07) is 11.5. The number of anilines is 3. The van der Waals surface area contributed by atoms with E-state index in [4.69, 9.17) is 9.47 Å². The molecule has 2 amide bonds. The zero-order valence-corrected chi connectivity index (χ0v) is 21.6. The number of rotatable bonds is 5. The van der Waals surface area contributed by atoms with E-state index in [2.05, 4.69) is 31.3 Å². The predicted molar refractivity (Wildman–Crippen MR) is 145 cm³/mol. The molecule has 6 heterocycles. The van der Waals surface area contributed by atoms with E-state index in [1.165, 1.54) is 17.5 Å². The number of hydrogen-bond donors (Lipinski definition) is 1. The number of nitrogens with zero attached hydrogens (tertiary/aromatic N) is 5. The maximum Gasteiger partial charge on any atom is 0.414 e. The van der Waals surface area contributed by atoms with Crippen molar-refractivity contribution in [3.63, 3.8) is 0 Å². The third-order valence-electron chi connectivity index (χ3n) is 7.50. The Kier molecular flexibility index (Phi) is 5.54. The Labute approximate surface area is 223 Å². The van der Waals surface area contributed by atoms with Crippen molar-refractivity contribution in [1.82, 2.24) is 14.9 Å². The van der Waals surface area contributed by atoms with Gasteiger partial charge < -0.3 is 24.6 Å². The number of carbonyl (C=O) groups excluding carboxylic acids is 2. The molecule has 1 N–H and O–H groups in total. The number of aromatic nitrogens is 2. The molecule has 1 unspecified atom stereocenters. The molecule has 4 aliphatic heterocycles. The molecule has 1 aromatic carbocycles. The summed E-state index contributed by atoms with van der Waals surface area (Å²) in [5, 5.41) is 2.89. The fourth-order valence-corrected chi connectivity index (χ4v) is 6.47. The van der Waals surface area contributed by atoms with E-state index >= 15 is 0 Å². The first kappa shape index (κ1) is 23.2. The monoisotopic (exact) mass is 530 g/mol. The summed E-state index contributed by atoms with van der Waals surface area (Å²) in [5.41, 5.74) is 5.39. The number of fused-ring (bicyclic) bond motifs is 3. The average Bonchev–Trinajstić information content (AvgIpc) is 3.63. The molecule has 11 heteroatoms. The summed E-state index contributed by atoms with van der Waals surface area (Å²) in [6.07, 6.45) is 4.46. The van der Waals surface area contributed by atoms with Crippen LogP contribution in [0, 0.1) is 5.92 Å². The largest absolute Gasteiger partial charge is 0.481 e. The summed E-state index contributed by atoms with van der Waals surface area (Å²) < 4.78 is 11.1. The molecule has 38 heavy (non-hydrogen) atoms. The minimum absolute atomic E-state index is 0.0290. The van der Waals surface area contributed by atoms with Crippen molar-refractivity contribution in [2.75, 3.05) is 54.2 Å². The molecule has 0 bridgehead atoms. The third-order valence-corrected chi connectivity index (χ3v) is 8.57. The fourth-order valence-electron chi connectivity index (χ4n) is 5.68.